The molecule has 8 heteroatoms. The number of nitrogens with two attached hydrogens (primary N) is 1. The largest absolute Gasteiger partial charge is 0.346 e. The van der Waals surface area contributed by atoms with E-state index in [9.17, 15) is 9.59 Å². The number of thiazole rings is 1. The standard InChI is InChI=1S/C12H19N5O2S/c1-2-17-4-3-8-9(7-17)20-12(15-8)16-11(19)6-14-10(18)5-13/h2-7,13H2,1H3,(H,14,18)(H,15,16,19). The number of anilines is 1. The zero-order valence-corrected chi connectivity index (χ0v) is 12.3. The van der Waals surface area contributed by atoms with Crippen LogP contribution in [0.4, 0.5) is 5.13 Å². The molecule has 20 heavy (non-hydrogen) atoms. The SMILES string of the molecule is CCN1CCc2nc(NC(=O)CNC(=O)CN)sc2C1. The highest BCUT2D eigenvalue weighted by atomic mass is 32.1. The quantitative estimate of drug-likeness (QED) is 0.682. The maximum absolute atomic E-state index is 11.7. The van der Waals surface area contributed by atoms with Crippen molar-refractivity contribution < 1.29 is 9.59 Å². The Morgan fingerprint density at radius 3 is 2.95 bits per heavy atom. The van der Waals surface area contributed by atoms with Crippen LogP contribution in [0.1, 0.15) is 17.5 Å². The highest BCUT2D eigenvalue weighted by molar-refractivity contribution is 7.15. The number of hydrogen-bond acceptors (Lipinski definition) is 6. The Morgan fingerprint density at radius 2 is 2.25 bits per heavy atom. The number of likely N-dealkylation sites (N-methyl/N-ethyl adjacent to an activating group) is 1. The van der Waals surface area contributed by atoms with E-state index in [1.165, 1.54) is 16.2 Å². The van der Waals surface area contributed by atoms with Crippen LogP contribution in [0.5, 0.6) is 0 Å². The molecule has 0 saturated heterocycles. The fourth-order valence-electron chi connectivity index (χ4n) is 1.99. The Bertz CT molecular complexity index is 502. The Morgan fingerprint density at radius 1 is 1.45 bits per heavy atom. The Kier molecular flexibility index (Phi) is 5.05. The van der Waals surface area contributed by atoms with Crippen molar-refractivity contribution in [2.45, 2.75) is 19.9 Å². The minimum Gasteiger partial charge on any atom is -0.346 e. The highest BCUT2D eigenvalue weighted by Crippen LogP contribution is 2.27. The first kappa shape index (κ1) is 14.9. The molecule has 0 fully saturated rings. The maximum Gasteiger partial charge on any atom is 0.245 e. The van der Waals surface area contributed by atoms with E-state index in [1.54, 1.807) is 0 Å². The molecule has 0 unspecified atom stereocenters. The summed E-state index contributed by atoms with van der Waals surface area (Å²) >= 11 is 1.50. The van der Waals surface area contributed by atoms with Crippen molar-refractivity contribution in [3.63, 3.8) is 0 Å². The minimum atomic E-state index is -0.350. The van der Waals surface area contributed by atoms with Crippen molar-refractivity contribution in [1.82, 2.24) is 15.2 Å². The van der Waals surface area contributed by atoms with E-state index >= 15 is 0 Å². The molecule has 0 saturated carbocycles. The van der Waals surface area contributed by atoms with Crippen LogP contribution in [0.3, 0.4) is 0 Å². The number of hydrogen-bond donors (Lipinski definition) is 3. The van der Waals surface area contributed by atoms with Crippen LogP contribution in [0.25, 0.3) is 0 Å². The van der Waals surface area contributed by atoms with Gasteiger partial charge in [0, 0.05) is 24.4 Å². The molecule has 2 amide bonds. The molecule has 110 valence electrons. The summed E-state index contributed by atoms with van der Waals surface area (Å²) in [5, 5.41) is 5.73. The zero-order valence-electron chi connectivity index (χ0n) is 11.4. The Hall–Kier alpha value is -1.51. The summed E-state index contributed by atoms with van der Waals surface area (Å²) in [5.41, 5.74) is 6.21. The first-order valence-electron chi connectivity index (χ1n) is 6.60. The summed E-state index contributed by atoms with van der Waals surface area (Å²) in [5.74, 6) is -0.637. The van der Waals surface area contributed by atoms with Crippen LogP contribution < -0.4 is 16.4 Å². The molecule has 0 radical (unpaired) electrons. The van der Waals surface area contributed by atoms with Crippen molar-refractivity contribution in [3.8, 4) is 0 Å². The molecule has 0 aliphatic carbocycles. The zero-order chi connectivity index (χ0) is 14.5. The third-order valence-electron chi connectivity index (χ3n) is 3.14. The fraction of sp³-hybridized carbons (Fsp3) is 0.583. The summed E-state index contributed by atoms with van der Waals surface area (Å²) in [6, 6.07) is 0. The molecule has 2 rings (SSSR count). The summed E-state index contributed by atoms with van der Waals surface area (Å²) in [6.07, 6.45) is 0.916. The van der Waals surface area contributed by atoms with E-state index in [-0.39, 0.29) is 24.9 Å². The van der Waals surface area contributed by atoms with Crippen molar-refractivity contribution in [3.05, 3.63) is 10.6 Å². The Labute approximate surface area is 121 Å². The molecule has 0 bridgehead atoms. The number of carbonyl (C=O) groups excluding carboxylic acids is 2. The first-order valence-corrected chi connectivity index (χ1v) is 7.41. The second-order valence-corrected chi connectivity index (χ2v) is 5.62. The van der Waals surface area contributed by atoms with Gasteiger partial charge in [0.25, 0.3) is 0 Å². The van der Waals surface area contributed by atoms with Crippen LogP contribution >= 0.6 is 11.3 Å². The minimum absolute atomic E-state index is 0.0820. The molecule has 1 aromatic heterocycles. The van der Waals surface area contributed by atoms with Gasteiger partial charge in [-0.3, -0.25) is 14.5 Å². The van der Waals surface area contributed by atoms with Crippen LogP contribution in [0, 0.1) is 0 Å². The molecular weight excluding hydrogens is 278 g/mol. The van der Waals surface area contributed by atoms with Gasteiger partial charge in [-0.25, -0.2) is 4.98 Å². The van der Waals surface area contributed by atoms with Gasteiger partial charge in [0.2, 0.25) is 11.8 Å². The number of rotatable bonds is 5. The lowest BCUT2D eigenvalue weighted by Crippen LogP contribution is -2.36. The summed E-state index contributed by atoms with van der Waals surface area (Å²) in [6.45, 7) is 4.85. The summed E-state index contributed by atoms with van der Waals surface area (Å²) in [7, 11) is 0. The lowest BCUT2D eigenvalue weighted by Gasteiger charge is -2.23. The van der Waals surface area contributed by atoms with E-state index in [2.05, 4.69) is 27.4 Å². The van der Waals surface area contributed by atoms with Gasteiger partial charge in [0.15, 0.2) is 5.13 Å². The van der Waals surface area contributed by atoms with E-state index in [4.69, 9.17) is 5.73 Å². The summed E-state index contributed by atoms with van der Waals surface area (Å²) < 4.78 is 0. The van der Waals surface area contributed by atoms with E-state index < -0.39 is 0 Å². The van der Waals surface area contributed by atoms with Crippen LogP contribution in [0.15, 0.2) is 0 Å². The lowest BCUT2D eigenvalue weighted by molar-refractivity contribution is -0.123. The molecule has 0 atom stereocenters. The average molecular weight is 297 g/mol. The molecule has 4 N–H and O–H groups in total. The molecular formula is C12H19N5O2S. The third-order valence-corrected chi connectivity index (χ3v) is 4.13. The lowest BCUT2D eigenvalue weighted by atomic mass is 10.2. The number of nitrogens with one attached hydrogen (secondary N) is 2. The summed E-state index contributed by atoms with van der Waals surface area (Å²) in [4.78, 5) is 30.6. The van der Waals surface area contributed by atoms with Gasteiger partial charge in [-0.1, -0.05) is 6.92 Å². The van der Waals surface area contributed by atoms with Gasteiger partial charge in [-0.15, -0.1) is 11.3 Å². The second-order valence-electron chi connectivity index (χ2n) is 4.54. The smallest absolute Gasteiger partial charge is 0.245 e. The van der Waals surface area contributed by atoms with E-state index in [0.29, 0.717) is 5.13 Å². The van der Waals surface area contributed by atoms with E-state index in [1.807, 2.05) is 0 Å². The molecule has 7 nitrogen and oxygen atoms in total. The predicted molar refractivity (Wildman–Crippen MR) is 77.5 cm³/mol. The van der Waals surface area contributed by atoms with Gasteiger partial charge < -0.3 is 16.4 Å². The predicted octanol–water partition coefficient (Wildman–Crippen LogP) is -0.465. The number of amides is 2. The van der Waals surface area contributed by atoms with Crippen molar-refractivity contribution in [1.29, 1.82) is 0 Å². The highest BCUT2D eigenvalue weighted by Gasteiger charge is 2.20. The Balaban J connectivity index is 1.89. The van der Waals surface area contributed by atoms with Crippen molar-refractivity contribution in [2.24, 2.45) is 5.73 Å². The normalized spacial score (nSPS) is 14.7. The monoisotopic (exact) mass is 297 g/mol. The molecule has 1 aromatic rings. The number of aromatic nitrogens is 1. The molecule has 0 spiro atoms. The number of fused-ring (bicyclic) bond motifs is 1. The van der Waals surface area contributed by atoms with Crippen molar-refractivity contribution in [2.75, 3.05) is 31.5 Å². The maximum atomic E-state index is 11.7. The first-order chi connectivity index (χ1) is 9.62. The number of nitrogens with zero attached hydrogens (tertiary/aromatic N) is 2. The van der Waals surface area contributed by atoms with Gasteiger partial charge in [-0.2, -0.15) is 0 Å². The third kappa shape index (κ3) is 3.75. The van der Waals surface area contributed by atoms with Crippen molar-refractivity contribution >= 4 is 28.3 Å². The van der Waals surface area contributed by atoms with Gasteiger partial charge in [0.1, 0.15) is 0 Å². The molecule has 0 aromatic carbocycles. The van der Waals surface area contributed by atoms with Gasteiger partial charge in [-0.05, 0) is 6.54 Å². The second kappa shape index (κ2) is 6.78. The topological polar surface area (TPSA) is 100 Å². The number of carbonyl (C=O) groups is 2. The van der Waals surface area contributed by atoms with Crippen LogP contribution in [0.2, 0.25) is 0 Å². The molecule has 2 heterocycles. The fourth-order valence-corrected chi connectivity index (χ4v) is 3.05. The molecule has 1 aliphatic heterocycles. The van der Waals surface area contributed by atoms with Crippen LogP contribution in [-0.4, -0.2) is 47.9 Å². The van der Waals surface area contributed by atoms with Gasteiger partial charge >= 0.3 is 0 Å². The van der Waals surface area contributed by atoms with Gasteiger partial charge in [0.05, 0.1) is 18.8 Å². The van der Waals surface area contributed by atoms with E-state index in [0.717, 1.165) is 31.7 Å². The van der Waals surface area contributed by atoms with Crippen LogP contribution in [-0.2, 0) is 22.6 Å². The average Bonchev–Trinajstić information content (AvgIpc) is 2.85. The molecule has 1 aliphatic rings.